The van der Waals surface area contributed by atoms with Crippen molar-refractivity contribution in [2.24, 2.45) is 5.41 Å². The number of aliphatic hydroxyl groups is 1. The topological polar surface area (TPSA) is 56.7 Å². The van der Waals surface area contributed by atoms with E-state index in [-0.39, 0.29) is 23.5 Å². The van der Waals surface area contributed by atoms with Gasteiger partial charge in [0.05, 0.1) is 18.7 Å². The van der Waals surface area contributed by atoms with Crippen LogP contribution < -0.4 is 0 Å². The minimum absolute atomic E-state index is 0.0527. The second-order valence-electron chi connectivity index (χ2n) is 7.14. The summed E-state index contributed by atoms with van der Waals surface area (Å²) in [6, 6.07) is 0. The van der Waals surface area contributed by atoms with Gasteiger partial charge >= 0.3 is 0 Å². The third kappa shape index (κ3) is 2.92. The van der Waals surface area contributed by atoms with Crippen molar-refractivity contribution >= 4 is 17.2 Å². The number of hydrogen-bond acceptors (Lipinski definition) is 5. The zero-order valence-electron chi connectivity index (χ0n) is 13.4. The van der Waals surface area contributed by atoms with E-state index in [9.17, 15) is 9.90 Å². The van der Waals surface area contributed by atoms with Crippen molar-refractivity contribution in [2.45, 2.75) is 45.2 Å². The number of likely N-dealkylation sites (tertiary alicyclic amines) is 2. The lowest BCUT2D eigenvalue weighted by Crippen LogP contribution is -2.46. The fourth-order valence-electron chi connectivity index (χ4n) is 4.16. The van der Waals surface area contributed by atoms with E-state index in [2.05, 4.69) is 9.88 Å². The quantitative estimate of drug-likeness (QED) is 0.920. The number of hydrogen-bond donors (Lipinski definition) is 1. The molecule has 3 rings (SSSR count). The molecule has 0 radical (unpaired) electrons. The standard InChI is InChI=1S/C16H25N3O2S/c1-13(21)19-11-16(10-15(19,2)12-20)3-6-18(7-4-16)9-14-17-5-8-22-14/h5,8,20H,3-4,6-7,9-12H2,1-2H3/t15-/m1/s1. The molecule has 2 saturated heterocycles. The van der Waals surface area contributed by atoms with Crippen molar-refractivity contribution < 1.29 is 9.90 Å². The Balaban J connectivity index is 1.64. The highest BCUT2D eigenvalue weighted by Gasteiger charge is 2.52. The summed E-state index contributed by atoms with van der Waals surface area (Å²) in [6.07, 6.45) is 4.97. The first-order valence-corrected chi connectivity index (χ1v) is 8.84. The second-order valence-corrected chi connectivity index (χ2v) is 8.12. The van der Waals surface area contributed by atoms with E-state index in [1.165, 1.54) is 5.01 Å². The van der Waals surface area contributed by atoms with Gasteiger partial charge in [0.2, 0.25) is 5.91 Å². The Morgan fingerprint density at radius 2 is 2.18 bits per heavy atom. The van der Waals surface area contributed by atoms with E-state index >= 15 is 0 Å². The number of rotatable bonds is 3. The summed E-state index contributed by atoms with van der Waals surface area (Å²) in [4.78, 5) is 20.6. The minimum Gasteiger partial charge on any atom is -0.394 e. The summed E-state index contributed by atoms with van der Waals surface area (Å²) in [6.45, 7) is 7.51. The molecule has 0 bridgehead atoms. The Kier molecular flexibility index (Phi) is 4.27. The van der Waals surface area contributed by atoms with Crippen molar-refractivity contribution in [3.05, 3.63) is 16.6 Å². The second kappa shape index (κ2) is 5.91. The highest BCUT2D eigenvalue weighted by molar-refractivity contribution is 7.09. The van der Waals surface area contributed by atoms with Crippen molar-refractivity contribution in [1.29, 1.82) is 0 Å². The molecule has 3 heterocycles. The predicted molar refractivity (Wildman–Crippen MR) is 86.6 cm³/mol. The molecule has 1 aromatic rings. The molecule has 0 aliphatic carbocycles. The summed E-state index contributed by atoms with van der Waals surface area (Å²) in [5.41, 5.74) is -0.203. The lowest BCUT2D eigenvalue weighted by Gasteiger charge is -2.39. The van der Waals surface area contributed by atoms with Crippen LogP contribution in [0.15, 0.2) is 11.6 Å². The molecular weight excluding hydrogens is 298 g/mol. The van der Waals surface area contributed by atoms with Gasteiger partial charge in [-0.1, -0.05) is 0 Å². The van der Waals surface area contributed by atoms with E-state index in [0.717, 1.165) is 45.4 Å². The van der Waals surface area contributed by atoms with Crippen LogP contribution in [0.25, 0.3) is 0 Å². The number of amides is 1. The Morgan fingerprint density at radius 1 is 1.45 bits per heavy atom. The summed E-state index contributed by atoms with van der Waals surface area (Å²) in [5.74, 6) is 0.0821. The molecule has 2 aliphatic rings. The maximum atomic E-state index is 11.9. The molecule has 2 fully saturated rings. The van der Waals surface area contributed by atoms with Crippen LogP contribution in [0.2, 0.25) is 0 Å². The molecule has 2 aliphatic heterocycles. The highest BCUT2D eigenvalue weighted by atomic mass is 32.1. The van der Waals surface area contributed by atoms with Gasteiger partial charge in [-0.2, -0.15) is 0 Å². The first-order chi connectivity index (χ1) is 10.5. The number of carbonyl (C=O) groups excluding carboxylic acids is 1. The zero-order valence-corrected chi connectivity index (χ0v) is 14.2. The van der Waals surface area contributed by atoms with Crippen molar-refractivity contribution in [2.75, 3.05) is 26.2 Å². The minimum atomic E-state index is -0.386. The maximum Gasteiger partial charge on any atom is 0.219 e. The summed E-state index contributed by atoms with van der Waals surface area (Å²) >= 11 is 1.71. The lowest BCUT2D eigenvalue weighted by molar-refractivity contribution is -0.134. The van der Waals surface area contributed by atoms with Crippen molar-refractivity contribution in [3.8, 4) is 0 Å². The largest absolute Gasteiger partial charge is 0.394 e. The van der Waals surface area contributed by atoms with Gasteiger partial charge in [0.25, 0.3) is 0 Å². The van der Waals surface area contributed by atoms with Crippen LogP contribution in [-0.2, 0) is 11.3 Å². The molecule has 22 heavy (non-hydrogen) atoms. The Labute approximate surface area is 135 Å². The molecule has 6 heteroatoms. The molecule has 1 atom stereocenters. The lowest BCUT2D eigenvalue weighted by atomic mass is 9.74. The fraction of sp³-hybridized carbons (Fsp3) is 0.750. The van der Waals surface area contributed by atoms with Gasteiger partial charge in [0, 0.05) is 25.0 Å². The van der Waals surface area contributed by atoms with E-state index in [4.69, 9.17) is 0 Å². The van der Waals surface area contributed by atoms with E-state index in [0.29, 0.717) is 0 Å². The first-order valence-electron chi connectivity index (χ1n) is 7.96. The van der Waals surface area contributed by atoms with E-state index < -0.39 is 0 Å². The Morgan fingerprint density at radius 3 is 2.68 bits per heavy atom. The van der Waals surface area contributed by atoms with Crippen LogP contribution in [0.5, 0.6) is 0 Å². The van der Waals surface area contributed by atoms with E-state index in [1.807, 2.05) is 23.4 Å². The number of aliphatic hydroxyl groups excluding tert-OH is 1. The van der Waals surface area contributed by atoms with Crippen LogP contribution in [-0.4, -0.2) is 57.6 Å². The summed E-state index contributed by atoms with van der Waals surface area (Å²) < 4.78 is 0. The number of thiazole rings is 1. The SMILES string of the molecule is CC(=O)N1CC2(CCN(Cc3nccs3)CC2)C[C@]1(C)CO. The molecule has 0 saturated carbocycles. The van der Waals surface area contributed by atoms with Gasteiger partial charge in [-0.15, -0.1) is 11.3 Å². The molecule has 1 spiro atoms. The normalized spacial score (nSPS) is 28.4. The Bertz CT molecular complexity index is 526. The van der Waals surface area contributed by atoms with Crippen LogP contribution in [0.3, 0.4) is 0 Å². The van der Waals surface area contributed by atoms with Gasteiger partial charge in [0.15, 0.2) is 0 Å². The molecular formula is C16H25N3O2S. The smallest absolute Gasteiger partial charge is 0.219 e. The van der Waals surface area contributed by atoms with E-state index in [1.54, 1.807) is 18.3 Å². The molecule has 1 N–H and O–H groups in total. The van der Waals surface area contributed by atoms with Crippen LogP contribution in [0, 0.1) is 5.41 Å². The molecule has 0 unspecified atom stereocenters. The zero-order chi connectivity index (χ0) is 15.8. The molecule has 122 valence electrons. The maximum absolute atomic E-state index is 11.9. The number of aromatic nitrogens is 1. The number of carbonyl (C=O) groups is 1. The highest BCUT2D eigenvalue weighted by Crippen LogP contribution is 2.48. The fourth-order valence-corrected chi connectivity index (χ4v) is 4.82. The number of nitrogens with zero attached hydrogens (tertiary/aromatic N) is 3. The van der Waals surface area contributed by atoms with Crippen molar-refractivity contribution in [1.82, 2.24) is 14.8 Å². The summed E-state index contributed by atoms with van der Waals surface area (Å²) in [7, 11) is 0. The predicted octanol–water partition coefficient (Wildman–Crippen LogP) is 1.73. The molecule has 0 aromatic carbocycles. The van der Waals surface area contributed by atoms with Gasteiger partial charge < -0.3 is 10.0 Å². The molecule has 5 nitrogen and oxygen atoms in total. The van der Waals surface area contributed by atoms with Gasteiger partial charge in [-0.25, -0.2) is 4.98 Å². The molecule has 1 amide bonds. The Hall–Kier alpha value is -0.980. The van der Waals surface area contributed by atoms with Gasteiger partial charge in [0.1, 0.15) is 5.01 Å². The van der Waals surface area contributed by atoms with Crippen LogP contribution >= 0.6 is 11.3 Å². The average molecular weight is 323 g/mol. The summed E-state index contributed by atoms with van der Waals surface area (Å²) in [5, 5.41) is 13.0. The third-order valence-corrected chi connectivity index (χ3v) is 6.15. The van der Waals surface area contributed by atoms with Crippen LogP contribution in [0.1, 0.15) is 38.1 Å². The first kappa shape index (κ1) is 15.9. The number of piperidine rings is 1. The van der Waals surface area contributed by atoms with Crippen molar-refractivity contribution in [3.63, 3.8) is 0 Å². The average Bonchev–Trinajstić information content (AvgIpc) is 3.09. The van der Waals surface area contributed by atoms with Gasteiger partial charge in [-0.05, 0) is 44.7 Å². The monoisotopic (exact) mass is 323 g/mol. The molecule has 1 aromatic heterocycles. The van der Waals surface area contributed by atoms with Crippen LogP contribution in [0.4, 0.5) is 0 Å². The third-order valence-electron chi connectivity index (χ3n) is 5.38. The van der Waals surface area contributed by atoms with Gasteiger partial charge in [-0.3, -0.25) is 9.69 Å².